The van der Waals surface area contributed by atoms with Crippen LogP contribution in [0.1, 0.15) is 23.1 Å². The van der Waals surface area contributed by atoms with Crippen LogP contribution >= 0.6 is 0 Å². The Morgan fingerprint density at radius 2 is 1.85 bits per heavy atom. The molecule has 2 aliphatic rings. The smallest absolute Gasteiger partial charge is 0.266 e. The van der Waals surface area contributed by atoms with Gasteiger partial charge in [-0.3, -0.25) is 9.69 Å². The van der Waals surface area contributed by atoms with E-state index in [2.05, 4.69) is 0 Å². The fraction of sp³-hybridized carbons (Fsp3) is 0.185. The highest BCUT2D eigenvalue weighted by Crippen LogP contribution is 2.42. The van der Waals surface area contributed by atoms with E-state index in [1.165, 1.54) is 4.90 Å². The van der Waals surface area contributed by atoms with E-state index in [4.69, 9.17) is 19.9 Å². The predicted octanol–water partition coefficient (Wildman–Crippen LogP) is 4.46. The van der Waals surface area contributed by atoms with Crippen LogP contribution in [0.2, 0.25) is 0 Å². The van der Waals surface area contributed by atoms with Crippen molar-refractivity contribution in [3.05, 3.63) is 89.5 Å². The quantitative estimate of drug-likeness (QED) is 0.513. The van der Waals surface area contributed by atoms with Gasteiger partial charge in [0, 0.05) is 18.0 Å². The Kier molecular flexibility index (Phi) is 4.30. The van der Waals surface area contributed by atoms with E-state index in [1.54, 1.807) is 7.05 Å². The molecule has 1 unspecified atom stereocenters. The fourth-order valence-corrected chi connectivity index (χ4v) is 4.79. The first-order chi connectivity index (χ1) is 16.1. The van der Waals surface area contributed by atoms with Crippen molar-refractivity contribution in [1.82, 2.24) is 4.90 Å². The molecule has 6 nitrogen and oxygen atoms in total. The minimum Gasteiger partial charge on any atom is -0.493 e. The standard InChI is InChI=1S/C27H23N3O3/c1-30-25(31)27(29-26(30)28,21-11-12-22-17(14-21)8-5-13-32-22)20-9-4-7-18(15-20)24-16-19-6-2-3-10-23(19)33-24/h2-4,6-7,9-12,14-16H,5,8,13H2,1H3,(H2,28,29). The van der Waals surface area contributed by atoms with Gasteiger partial charge in [-0.05, 0) is 59.9 Å². The molecule has 2 aliphatic heterocycles. The van der Waals surface area contributed by atoms with Crippen molar-refractivity contribution in [2.75, 3.05) is 13.7 Å². The third kappa shape index (κ3) is 2.94. The number of carbonyl (C=O) groups excluding carboxylic acids is 1. The second kappa shape index (κ2) is 7.24. The number of ether oxygens (including phenoxy) is 1. The Labute approximate surface area is 191 Å². The lowest BCUT2D eigenvalue weighted by molar-refractivity contribution is -0.129. The number of fused-ring (bicyclic) bond motifs is 2. The summed E-state index contributed by atoms with van der Waals surface area (Å²) < 4.78 is 11.9. The molecule has 3 aromatic carbocycles. The van der Waals surface area contributed by atoms with Crippen molar-refractivity contribution in [2.45, 2.75) is 18.4 Å². The third-order valence-corrected chi connectivity index (χ3v) is 6.56. The van der Waals surface area contributed by atoms with Gasteiger partial charge in [0.15, 0.2) is 11.5 Å². The number of para-hydroxylation sites is 1. The van der Waals surface area contributed by atoms with E-state index in [-0.39, 0.29) is 11.9 Å². The number of carbonyl (C=O) groups is 1. The molecule has 1 aromatic heterocycles. The zero-order valence-corrected chi connectivity index (χ0v) is 18.2. The Balaban J connectivity index is 1.53. The molecule has 6 rings (SSSR count). The zero-order chi connectivity index (χ0) is 22.6. The number of amides is 1. The summed E-state index contributed by atoms with van der Waals surface area (Å²) >= 11 is 0. The normalized spacial score (nSPS) is 20.0. The van der Waals surface area contributed by atoms with E-state index in [0.717, 1.165) is 57.6 Å². The summed E-state index contributed by atoms with van der Waals surface area (Å²) in [6.45, 7) is 0.712. The largest absolute Gasteiger partial charge is 0.493 e. The molecule has 0 spiro atoms. The van der Waals surface area contributed by atoms with Gasteiger partial charge in [0.2, 0.25) is 0 Å². The van der Waals surface area contributed by atoms with Crippen LogP contribution in [0.4, 0.5) is 0 Å². The molecule has 0 radical (unpaired) electrons. The number of rotatable bonds is 3. The summed E-state index contributed by atoms with van der Waals surface area (Å²) in [6.07, 6.45) is 1.85. The Bertz CT molecular complexity index is 1400. The van der Waals surface area contributed by atoms with Crippen LogP contribution in [0, 0.1) is 0 Å². The van der Waals surface area contributed by atoms with Gasteiger partial charge in [0.25, 0.3) is 5.91 Å². The van der Waals surface area contributed by atoms with Gasteiger partial charge in [0.1, 0.15) is 17.1 Å². The molecule has 6 heteroatoms. The van der Waals surface area contributed by atoms with Crippen LogP contribution in [0.15, 0.2) is 82.2 Å². The number of furan rings is 1. The van der Waals surface area contributed by atoms with E-state index < -0.39 is 5.54 Å². The molecule has 3 heterocycles. The number of nitrogens with two attached hydrogens (primary N) is 1. The molecular weight excluding hydrogens is 414 g/mol. The number of aryl methyl sites for hydroxylation is 1. The first-order valence-electron chi connectivity index (χ1n) is 11.1. The van der Waals surface area contributed by atoms with Crippen molar-refractivity contribution in [3.8, 4) is 17.1 Å². The van der Waals surface area contributed by atoms with Crippen LogP contribution in [0.3, 0.4) is 0 Å². The fourth-order valence-electron chi connectivity index (χ4n) is 4.79. The third-order valence-electron chi connectivity index (χ3n) is 6.56. The van der Waals surface area contributed by atoms with E-state index in [1.807, 2.05) is 72.8 Å². The van der Waals surface area contributed by atoms with Gasteiger partial charge in [-0.25, -0.2) is 4.99 Å². The van der Waals surface area contributed by atoms with Gasteiger partial charge in [0.05, 0.1) is 6.61 Å². The number of benzene rings is 3. The summed E-state index contributed by atoms with van der Waals surface area (Å²) in [4.78, 5) is 19.8. The van der Waals surface area contributed by atoms with E-state index >= 15 is 0 Å². The molecule has 2 N–H and O–H groups in total. The first-order valence-corrected chi connectivity index (χ1v) is 11.1. The molecule has 0 fully saturated rings. The molecule has 1 atom stereocenters. The van der Waals surface area contributed by atoms with Crippen molar-refractivity contribution < 1.29 is 13.9 Å². The summed E-state index contributed by atoms with van der Waals surface area (Å²) in [5.74, 6) is 1.62. The SMILES string of the molecule is CN1C(=O)C(c2cccc(-c3cc4ccccc4o3)c2)(c2ccc3c(c2)CCCO3)N=C1N. The molecular formula is C27H23N3O3. The number of hydrogen-bond donors (Lipinski definition) is 1. The summed E-state index contributed by atoms with van der Waals surface area (Å²) in [5, 5.41) is 1.03. The molecule has 1 amide bonds. The van der Waals surface area contributed by atoms with Crippen molar-refractivity contribution in [2.24, 2.45) is 10.7 Å². The highest BCUT2D eigenvalue weighted by Gasteiger charge is 2.49. The maximum Gasteiger partial charge on any atom is 0.266 e. The molecule has 33 heavy (non-hydrogen) atoms. The van der Waals surface area contributed by atoms with Gasteiger partial charge >= 0.3 is 0 Å². The highest BCUT2D eigenvalue weighted by atomic mass is 16.5. The van der Waals surface area contributed by atoms with Crippen molar-refractivity contribution in [1.29, 1.82) is 0 Å². The van der Waals surface area contributed by atoms with Crippen LogP contribution in [-0.4, -0.2) is 30.4 Å². The van der Waals surface area contributed by atoms with Crippen LogP contribution < -0.4 is 10.5 Å². The maximum absolute atomic E-state index is 13.7. The number of guanidine groups is 1. The summed E-state index contributed by atoms with van der Waals surface area (Å²) in [5.41, 5.74) is 9.22. The minimum absolute atomic E-state index is 0.182. The number of hydrogen-bond acceptors (Lipinski definition) is 5. The topological polar surface area (TPSA) is 81.1 Å². The second-order valence-corrected chi connectivity index (χ2v) is 8.55. The van der Waals surface area contributed by atoms with Crippen LogP contribution in [-0.2, 0) is 16.8 Å². The number of likely N-dealkylation sites (N-methyl/N-ethyl adjacent to an activating group) is 1. The molecule has 0 aliphatic carbocycles. The minimum atomic E-state index is -1.26. The summed E-state index contributed by atoms with van der Waals surface area (Å²) in [6, 6.07) is 23.6. The number of nitrogens with zero attached hydrogens (tertiary/aromatic N) is 2. The average Bonchev–Trinajstić information content (AvgIpc) is 3.39. The zero-order valence-electron chi connectivity index (χ0n) is 18.2. The molecule has 0 saturated carbocycles. The predicted molar refractivity (Wildman–Crippen MR) is 127 cm³/mol. The monoisotopic (exact) mass is 437 g/mol. The van der Waals surface area contributed by atoms with Gasteiger partial charge in [-0.2, -0.15) is 0 Å². The van der Waals surface area contributed by atoms with E-state index in [0.29, 0.717) is 6.61 Å². The summed E-state index contributed by atoms with van der Waals surface area (Å²) in [7, 11) is 1.66. The molecule has 0 saturated heterocycles. The lowest BCUT2D eigenvalue weighted by Crippen LogP contribution is -2.41. The van der Waals surface area contributed by atoms with Crippen LogP contribution in [0.5, 0.6) is 5.75 Å². The second-order valence-electron chi connectivity index (χ2n) is 8.55. The molecule has 4 aromatic rings. The Morgan fingerprint density at radius 3 is 2.67 bits per heavy atom. The van der Waals surface area contributed by atoms with E-state index in [9.17, 15) is 4.79 Å². The van der Waals surface area contributed by atoms with Crippen molar-refractivity contribution >= 4 is 22.8 Å². The molecule has 164 valence electrons. The van der Waals surface area contributed by atoms with Crippen LogP contribution in [0.25, 0.3) is 22.3 Å². The van der Waals surface area contributed by atoms with Gasteiger partial charge in [-0.1, -0.05) is 42.5 Å². The Hall–Kier alpha value is -4.06. The highest BCUT2D eigenvalue weighted by molar-refractivity contribution is 6.09. The van der Waals surface area contributed by atoms with Gasteiger partial charge in [-0.15, -0.1) is 0 Å². The molecule has 0 bridgehead atoms. The van der Waals surface area contributed by atoms with Gasteiger partial charge < -0.3 is 14.9 Å². The Morgan fingerprint density at radius 1 is 1.00 bits per heavy atom. The lowest BCUT2D eigenvalue weighted by atomic mass is 9.81. The van der Waals surface area contributed by atoms with Crippen molar-refractivity contribution in [3.63, 3.8) is 0 Å². The maximum atomic E-state index is 13.7. The first kappa shape index (κ1) is 19.6. The average molecular weight is 437 g/mol. The lowest BCUT2D eigenvalue weighted by Gasteiger charge is -2.28. The number of aliphatic imine (C=N–C) groups is 1.